The molecule has 4 nitrogen and oxygen atoms in total. The first-order chi connectivity index (χ1) is 12.0. The zero-order valence-electron chi connectivity index (χ0n) is 13.5. The molecule has 3 rings (SSSR count). The van der Waals surface area contributed by atoms with Crippen molar-refractivity contribution in [2.75, 3.05) is 6.61 Å². The van der Waals surface area contributed by atoms with Gasteiger partial charge in [0.25, 0.3) is 0 Å². The van der Waals surface area contributed by atoms with E-state index in [2.05, 4.69) is 0 Å². The second-order valence-electron chi connectivity index (χ2n) is 5.49. The molecule has 25 heavy (non-hydrogen) atoms. The molecule has 0 N–H and O–H groups in total. The lowest BCUT2D eigenvalue weighted by Gasteiger charge is -2.14. The number of hydrogen-bond acceptors (Lipinski definition) is 3. The minimum atomic E-state index is -0.730. The molecule has 0 aliphatic heterocycles. The van der Waals surface area contributed by atoms with Crippen LogP contribution in [0.25, 0.3) is 10.9 Å². The summed E-state index contributed by atoms with van der Waals surface area (Å²) in [4.78, 5) is 24.7. The molecule has 0 atom stereocenters. The topological polar surface area (TPSA) is 48.3 Å². The van der Waals surface area contributed by atoms with Crippen LogP contribution in [0, 0.1) is 5.82 Å². The molecule has 2 aromatic carbocycles. The van der Waals surface area contributed by atoms with Gasteiger partial charge in [-0.25, -0.2) is 9.18 Å². The molecule has 6 heteroatoms. The largest absolute Gasteiger partial charge is 0.462 e. The number of pyridine rings is 1. The number of hydrogen-bond donors (Lipinski definition) is 0. The van der Waals surface area contributed by atoms with E-state index in [9.17, 15) is 14.0 Å². The smallest absolute Gasteiger partial charge is 0.343 e. The number of carbonyl (C=O) groups excluding carboxylic acids is 1. The predicted octanol–water partition coefficient (Wildman–Crippen LogP) is 4.02. The Morgan fingerprint density at radius 1 is 1.24 bits per heavy atom. The third-order valence-electron chi connectivity index (χ3n) is 3.81. The Hall–Kier alpha value is -2.66. The van der Waals surface area contributed by atoms with Crippen LogP contribution in [0.3, 0.4) is 0 Å². The second kappa shape index (κ2) is 7.07. The lowest BCUT2D eigenvalue weighted by atomic mass is 10.1. The molecule has 0 saturated heterocycles. The Balaban J connectivity index is 2.25. The number of nitrogens with zero attached hydrogens (tertiary/aromatic N) is 1. The van der Waals surface area contributed by atoms with E-state index >= 15 is 0 Å². The maximum Gasteiger partial charge on any atom is 0.343 e. The first-order valence-corrected chi connectivity index (χ1v) is 8.12. The van der Waals surface area contributed by atoms with Crippen molar-refractivity contribution in [2.45, 2.75) is 13.5 Å². The minimum absolute atomic E-state index is 0.0856. The van der Waals surface area contributed by atoms with Crippen molar-refractivity contribution in [1.82, 2.24) is 4.57 Å². The van der Waals surface area contributed by atoms with E-state index in [4.69, 9.17) is 16.3 Å². The van der Waals surface area contributed by atoms with Gasteiger partial charge in [0.1, 0.15) is 11.4 Å². The van der Waals surface area contributed by atoms with E-state index in [0.29, 0.717) is 12.1 Å². The first kappa shape index (κ1) is 17.2. The first-order valence-electron chi connectivity index (χ1n) is 7.74. The summed E-state index contributed by atoms with van der Waals surface area (Å²) in [5.74, 6) is -1.44. The Morgan fingerprint density at radius 3 is 2.64 bits per heavy atom. The van der Waals surface area contributed by atoms with E-state index in [1.165, 1.54) is 12.3 Å². The van der Waals surface area contributed by atoms with Crippen LogP contribution in [0.4, 0.5) is 4.39 Å². The normalized spacial score (nSPS) is 10.8. The highest BCUT2D eigenvalue weighted by atomic mass is 35.5. The van der Waals surface area contributed by atoms with E-state index < -0.39 is 17.2 Å². The predicted molar refractivity (Wildman–Crippen MR) is 94.7 cm³/mol. The number of halogens is 2. The van der Waals surface area contributed by atoms with Crippen molar-refractivity contribution in [1.29, 1.82) is 0 Å². The summed E-state index contributed by atoms with van der Waals surface area (Å²) < 4.78 is 20.5. The van der Waals surface area contributed by atoms with Crippen LogP contribution in [0.5, 0.6) is 0 Å². The maximum absolute atomic E-state index is 13.9. The van der Waals surface area contributed by atoms with E-state index in [1.54, 1.807) is 11.5 Å². The summed E-state index contributed by atoms with van der Waals surface area (Å²) in [5, 5.41) is 0.000908. The minimum Gasteiger partial charge on any atom is -0.462 e. The lowest BCUT2D eigenvalue weighted by Crippen LogP contribution is -2.21. The quantitative estimate of drug-likeness (QED) is 0.661. The average molecular weight is 360 g/mol. The van der Waals surface area contributed by atoms with Crippen molar-refractivity contribution >= 4 is 28.5 Å². The Kier molecular flexibility index (Phi) is 4.86. The van der Waals surface area contributed by atoms with E-state index in [0.717, 1.165) is 11.6 Å². The van der Waals surface area contributed by atoms with Gasteiger partial charge in [-0.2, -0.15) is 0 Å². The summed E-state index contributed by atoms with van der Waals surface area (Å²) in [6, 6.07) is 12.0. The molecular formula is C19H15ClFNO3. The van der Waals surface area contributed by atoms with Crippen LogP contribution in [-0.4, -0.2) is 17.1 Å². The van der Waals surface area contributed by atoms with Gasteiger partial charge in [-0.15, -0.1) is 0 Å². The molecule has 0 saturated carbocycles. The number of esters is 1. The number of aromatic nitrogens is 1. The molecule has 3 aromatic rings. The third-order valence-corrected chi connectivity index (χ3v) is 4.10. The standard InChI is InChI=1S/C19H15ClFNO3/c1-2-25-19(24)14-11-22(10-12-6-4-3-5-7-12)17-9-15(20)16(21)8-13(17)18(14)23/h3-9,11H,2,10H2,1H3. The van der Waals surface area contributed by atoms with Gasteiger partial charge in [-0.05, 0) is 24.6 Å². The van der Waals surface area contributed by atoms with Crippen LogP contribution in [0.2, 0.25) is 5.02 Å². The molecular weight excluding hydrogens is 345 g/mol. The fraction of sp³-hybridized carbons (Fsp3) is 0.158. The van der Waals surface area contributed by atoms with Crippen molar-refractivity contribution in [3.63, 3.8) is 0 Å². The number of benzene rings is 2. The van der Waals surface area contributed by atoms with Crippen LogP contribution in [-0.2, 0) is 11.3 Å². The molecule has 0 bridgehead atoms. The molecule has 0 spiro atoms. The summed E-state index contributed by atoms with van der Waals surface area (Å²) in [5.41, 5.74) is 0.705. The van der Waals surface area contributed by atoms with Crippen LogP contribution in [0.15, 0.2) is 53.5 Å². The lowest BCUT2D eigenvalue weighted by molar-refractivity contribution is 0.0524. The molecule has 0 aliphatic carbocycles. The number of fused-ring (bicyclic) bond motifs is 1. The fourth-order valence-corrected chi connectivity index (χ4v) is 2.81. The Bertz CT molecular complexity index is 999. The number of rotatable bonds is 4. The van der Waals surface area contributed by atoms with Crippen LogP contribution in [0.1, 0.15) is 22.8 Å². The van der Waals surface area contributed by atoms with Gasteiger partial charge in [-0.1, -0.05) is 41.9 Å². The molecule has 128 valence electrons. The van der Waals surface area contributed by atoms with Crippen molar-refractivity contribution in [2.24, 2.45) is 0 Å². The Morgan fingerprint density at radius 2 is 1.96 bits per heavy atom. The molecule has 0 fully saturated rings. The summed E-state index contributed by atoms with van der Waals surface area (Å²) in [7, 11) is 0. The third kappa shape index (κ3) is 3.42. The molecule has 0 amide bonds. The molecule has 1 aromatic heterocycles. The SMILES string of the molecule is CCOC(=O)c1cn(Cc2ccccc2)c2cc(Cl)c(F)cc2c1=O. The Labute approximate surface area is 148 Å². The van der Waals surface area contributed by atoms with Gasteiger partial charge in [0.15, 0.2) is 0 Å². The summed E-state index contributed by atoms with van der Waals surface area (Å²) >= 11 is 5.89. The van der Waals surface area contributed by atoms with Crippen molar-refractivity contribution in [3.05, 3.63) is 80.9 Å². The van der Waals surface area contributed by atoms with Gasteiger partial charge in [0, 0.05) is 18.1 Å². The summed E-state index contributed by atoms with van der Waals surface area (Å²) in [6.45, 7) is 2.19. The van der Waals surface area contributed by atoms with Gasteiger partial charge in [0.2, 0.25) is 5.43 Å². The number of carbonyl (C=O) groups is 1. The van der Waals surface area contributed by atoms with Gasteiger partial charge >= 0.3 is 5.97 Å². The highest BCUT2D eigenvalue weighted by Gasteiger charge is 2.18. The number of ether oxygens (including phenoxy) is 1. The zero-order valence-corrected chi connectivity index (χ0v) is 14.2. The molecule has 0 unspecified atom stereocenters. The monoisotopic (exact) mass is 359 g/mol. The van der Waals surface area contributed by atoms with E-state index in [1.807, 2.05) is 30.3 Å². The van der Waals surface area contributed by atoms with Crippen LogP contribution < -0.4 is 5.43 Å². The highest BCUT2D eigenvalue weighted by Crippen LogP contribution is 2.22. The van der Waals surface area contributed by atoms with Gasteiger partial charge in [-0.3, -0.25) is 4.79 Å². The van der Waals surface area contributed by atoms with Crippen molar-refractivity contribution < 1.29 is 13.9 Å². The fourth-order valence-electron chi connectivity index (χ4n) is 2.65. The maximum atomic E-state index is 13.9. The van der Waals surface area contributed by atoms with Gasteiger partial charge in [0.05, 0.1) is 17.1 Å². The summed E-state index contributed by atoms with van der Waals surface area (Å²) in [6.07, 6.45) is 1.43. The highest BCUT2D eigenvalue weighted by molar-refractivity contribution is 6.31. The zero-order chi connectivity index (χ0) is 18.0. The molecule has 0 radical (unpaired) electrons. The molecule has 0 aliphatic rings. The molecule has 1 heterocycles. The van der Waals surface area contributed by atoms with Crippen LogP contribution >= 0.6 is 11.6 Å². The van der Waals surface area contributed by atoms with E-state index in [-0.39, 0.29) is 22.6 Å². The second-order valence-corrected chi connectivity index (χ2v) is 5.90. The average Bonchev–Trinajstić information content (AvgIpc) is 2.60. The van der Waals surface area contributed by atoms with Crippen molar-refractivity contribution in [3.8, 4) is 0 Å². The van der Waals surface area contributed by atoms with Gasteiger partial charge < -0.3 is 9.30 Å².